The topological polar surface area (TPSA) is 60.9 Å². The van der Waals surface area contributed by atoms with E-state index in [1.807, 2.05) is 35.0 Å². The van der Waals surface area contributed by atoms with Crippen molar-refractivity contribution in [3.63, 3.8) is 0 Å². The van der Waals surface area contributed by atoms with Crippen molar-refractivity contribution in [3.05, 3.63) is 53.3 Å². The number of rotatable bonds is 5. The molecule has 0 radical (unpaired) electrons. The molecule has 0 unspecified atom stereocenters. The molecule has 0 aliphatic heterocycles. The summed E-state index contributed by atoms with van der Waals surface area (Å²) in [6.07, 6.45) is 3.34. The fourth-order valence-electron chi connectivity index (χ4n) is 2.01. The van der Waals surface area contributed by atoms with Crippen LogP contribution in [0, 0.1) is 0 Å². The largest absolute Gasteiger partial charge is 0.365 e. The summed E-state index contributed by atoms with van der Waals surface area (Å²) in [5.74, 6) is -0.405. The molecule has 1 aromatic carbocycles. The number of hydrogen-bond donors (Lipinski definition) is 1. The molecule has 0 aliphatic rings. The molecule has 0 bridgehead atoms. The monoisotopic (exact) mass is 243 g/mol. The van der Waals surface area contributed by atoms with Crippen LogP contribution in [0.15, 0.2) is 36.5 Å². The van der Waals surface area contributed by atoms with E-state index in [0.29, 0.717) is 12.1 Å². The highest BCUT2D eigenvalue weighted by molar-refractivity contribution is 5.93. The van der Waals surface area contributed by atoms with Crippen LogP contribution >= 0.6 is 0 Å². The Morgan fingerprint density at radius 3 is 2.67 bits per heavy atom. The molecule has 18 heavy (non-hydrogen) atoms. The van der Waals surface area contributed by atoms with Gasteiger partial charge in [0.2, 0.25) is 0 Å². The zero-order chi connectivity index (χ0) is 13.0. The predicted octanol–water partition coefficient (Wildman–Crippen LogP) is 1.98. The average Bonchev–Trinajstić information content (AvgIpc) is 2.74. The maximum absolute atomic E-state index is 11.3. The lowest BCUT2D eigenvalue weighted by molar-refractivity contribution is 0.0999. The van der Waals surface area contributed by atoms with E-state index in [1.165, 1.54) is 0 Å². The maximum Gasteiger partial charge on any atom is 0.252 e. The number of hydrogen-bond acceptors (Lipinski definition) is 2. The first-order valence-electron chi connectivity index (χ1n) is 6.10. The van der Waals surface area contributed by atoms with Crippen molar-refractivity contribution >= 4 is 5.91 Å². The summed E-state index contributed by atoms with van der Waals surface area (Å²) in [7, 11) is 0. The summed E-state index contributed by atoms with van der Waals surface area (Å²) in [6, 6.07) is 10.1. The van der Waals surface area contributed by atoms with E-state index in [1.54, 1.807) is 6.20 Å². The van der Waals surface area contributed by atoms with Crippen LogP contribution in [0.3, 0.4) is 0 Å². The Hall–Kier alpha value is -2.10. The van der Waals surface area contributed by atoms with Crippen molar-refractivity contribution in [2.75, 3.05) is 0 Å². The lowest BCUT2D eigenvalue weighted by atomic mass is 10.1. The first kappa shape index (κ1) is 12.4. The van der Waals surface area contributed by atoms with Crippen molar-refractivity contribution in [3.8, 4) is 0 Å². The molecule has 0 saturated carbocycles. The number of amides is 1. The van der Waals surface area contributed by atoms with E-state index in [-0.39, 0.29) is 0 Å². The van der Waals surface area contributed by atoms with Crippen molar-refractivity contribution in [1.82, 2.24) is 9.78 Å². The summed E-state index contributed by atoms with van der Waals surface area (Å²) < 4.78 is 1.86. The molecule has 1 heterocycles. The molecule has 0 atom stereocenters. The normalized spacial score (nSPS) is 10.5. The van der Waals surface area contributed by atoms with E-state index < -0.39 is 5.91 Å². The van der Waals surface area contributed by atoms with Gasteiger partial charge >= 0.3 is 0 Å². The number of carbonyl (C=O) groups is 1. The third kappa shape index (κ3) is 2.59. The van der Waals surface area contributed by atoms with Crippen LogP contribution in [0.5, 0.6) is 0 Å². The van der Waals surface area contributed by atoms with Crippen LogP contribution < -0.4 is 5.73 Å². The molecule has 2 N–H and O–H groups in total. The van der Waals surface area contributed by atoms with Gasteiger partial charge in [-0.3, -0.25) is 9.48 Å². The van der Waals surface area contributed by atoms with Gasteiger partial charge in [0.05, 0.1) is 24.0 Å². The first-order valence-corrected chi connectivity index (χ1v) is 6.10. The zero-order valence-corrected chi connectivity index (χ0v) is 10.5. The summed E-state index contributed by atoms with van der Waals surface area (Å²) >= 11 is 0. The molecular weight excluding hydrogens is 226 g/mol. The Morgan fingerprint density at radius 2 is 2.06 bits per heavy atom. The zero-order valence-electron chi connectivity index (χ0n) is 10.5. The highest BCUT2D eigenvalue weighted by atomic mass is 16.1. The van der Waals surface area contributed by atoms with Gasteiger partial charge in [-0.25, -0.2) is 0 Å². The molecule has 1 aromatic heterocycles. The summed E-state index contributed by atoms with van der Waals surface area (Å²) in [5.41, 5.74) is 7.98. The minimum atomic E-state index is -0.405. The second-order valence-electron chi connectivity index (χ2n) is 4.26. The van der Waals surface area contributed by atoms with Gasteiger partial charge in [0.1, 0.15) is 0 Å². The molecule has 2 rings (SSSR count). The van der Waals surface area contributed by atoms with Crippen LogP contribution in [-0.4, -0.2) is 15.7 Å². The molecule has 0 spiro atoms. The lowest BCUT2D eigenvalue weighted by Crippen LogP contribution is -2.15. The quantitative estimate of drug-likeness (QED) is 0.872. The maximum atomic E-state index is 11.3. The van der Waals surface area contributed by atoms with Crippen LogP contribution in [0.25, 0.3) is 0 Å². The molecule has 2 aromatic rings. The van der Waals surface area contributed by atoms with Crippen molar-refractivity contribution in [2.24, 2.45) is 5.73 Å². The van der Waals surface area contributed by atoms with Crippen molar-refractivity contribution < 1.29 is 4.79 Å². The minimum absolute atomic E-state index is 0.405. The SMILES string of the molecule is CCCc1c(C(N)=O)cnn1Cc1ccccc1. The highest BCUT2D eigenvalue weighted by Gasteiger charge is 2.14. The van der Waals surface area contributed by atoms with Crippen LogP contribution in [-0.2, 0) is 13.0 Å². The summed E-state index contributed by atoms with van der Waals surface area (Å²) in [4.78, 5) is 11.3. The standard InChI is InChI=1S/C14H17N3O/c1-2-6-13-12(14(15)18)9-16-17(13)10-11-7-4-3-5-8-11/h3-5,7-9H,2,6,10H2,1H3,(H2,15,18). The number of carbonyl (C=O) groups excluding carboxylic acids is 1. The van der Waals surface area contributed by atoms with Crippen LogP contribution in [0.4, 0.5) is 0 Å². The molecule has 0 saturated heterocycles. The molecule has 4 nitrogen and oxygen atoms in total. The fourth-order valence-corrected chi connectivity index (χ4v) is 2.01. The average molecular weight is 243 g/mol. The number of benzene rings is 1. The summed E-state index contributed by atoms with van der Waals surface area (Å²) in [6.45, 7) is 2.74. The number of primary amides is 1. The van der Waals surface area contributed by atoms with E-state index in [0.717, 1.165) is 24.1 Å². The highest BCUT2D eigenvalue weighted by Crippen LogP contribution is 2.13. The van der Waals surface area contributed by atoms with E-state index >= 15 is 0 Å². The number of nitrogens with zero attached hydrogens (tertiary/aromatic N) is 2. The van der Waals surface area contributed by atoms with Gasteiger partial charge in [-0.2, -0.15) is 5.10 Å². The third-order valence-electron chi connectivity index (χ3n) is 2.88. The molecule has 1 amide bonds. The van der Waals surface area contributed by atoms with Gasteiger partial charge in [0.25, 0.3) is 5.91 Å². The number of aromatic nitrogens is 2. The Balaban J connectivity index is 2.30. The smallest absolute Gasteiger partial charge is 0.252 e. The molecule has 0 fully saturated rings. The minimum Gasteiger partial charge on any atom is -0.365 e. The van der Waals surface area contributed by atoms with E-state index in [9.17, 15) is 4.79 Å². The third-order valence-corrected chi connectivity index (χ3v) is 2.88. The predicted molar refractivity (Wildman–Crippen MR) is 70.3 cm³/mol. The van der Waals surface area contributed by atoms with Crippen LogP contribution in [0.2, 0.25) is 0 Å². The van der Waals surface area contributed by atoms with Gasteiger partial charge in [0, 0.05) is 0 Å². The van der Waals surface area contributed by atoms with Crippen molar-refractivity contribution in [1.29, 1.82) is 0 Å². The van der Waals surface area contributed by atoms with Gasteiger partial charge in [-0.15, -0.1) is 0 Å². The second kappa shape index (κ2) is 5.49. The fraction of sp³-hybridized carbons (Fsp3) is 0.286. The second-order valence-corrected chi connectivity index (χ2v) is 4.26. The Labute approximate surface area is 106 Å². The van der Waals surface area contributed by atoms with E-state index in [2.05, 4.69) is 12.0 Å². The van der Waals surface area contributed by atoms with Crippen LogP contribution in [0.1, 0.15) is 35.0 Å². The van der Waals surface area contributed by atoms with Gasteiger partial charge in [-0.1, -0.05) is 43.7 Å². The molecular formula is C14H17N3O. The Morgan fingerprint density at radius 1 is 1.33 bits per heavy atom. The van der Waals surface area contributed by atoms with Gasteiger partial charge in [-0.05, 0) is 12.0 Å². The molecule has 94 valence electrons. The van der Waals surface area contributed by atoms with Gasteiger partial charge in [0.15, 0.2) is 0 Å². The lowest BCUT2D eigenvalue weighted by Gasteiger charge is -2.08. The number of nitrogens with two attached hydrogens (primary N) is 1. The Kier molecular flexibility index (Phi) is 3.77. The molecule has 0 aliphatic carbocycles. The van der Waals surface area contributed by atoms with Gasteiger partial charge < -0.3 is 5.73 Å². The Bertz CT molecular complexity index is 531. The summed E-state index contributed by atoms with van der Waals surface area (Å²) in [5, 5.41) is 4.27. The van der Waals surface area contributed by atoms with E-state index in [4.69, 9.17) is 5.73 Å². The first-order chi connectivity index (χ1) is 8.72. The van der Waals surface area contributed by atoms with Crippen molar-refractivity contribution in [2.45, 2.75) is 26.3 Å². The molecule has 4 heteroatoms.